The van der Waals surface area contributed by atoms with Gasteiger partial charge >= 0.3 is 0 Å². The van der Waals surface area contributed by atoms with Crippen molar-refractivity contribution in [3.8, 4) is 0 Å². The molecule has 0 aliphatic carbocycles. The third-order valence-corrected chi connectivity index (χ3v) is 5.34. The van der Waals surface area contributed by atoms with E-state index in [1.807, 2.05) is 24.3 Å². The molecule has 7 nitrogen and oxygen atoms in total. The maximum atomic E-state index is 12.7. The Morgan fingerprint density at radius 2 is 1.88 bits per heavy atom. The van der Waals surface area contributed by atoms with E-state index in [9.17, 15) is 19.7 Å². The van der Waals surface area contributed by atoms with Gasteiger partial charge < -0.3 is 5.32 Å². The van der Waals surface area contributed by atoms with E-state index in [1.54, 1.807) is 0 Å². The van der Waals surface area contributed by atoms with Gasteiger partial charge in [0.1, 0.15) is 11.3 Å². The fourth-order valence-corrected chi connectivity index (χ4v) is 4.11. The van der Waals surface area contributed by atoms with Crippen molar-refractivity contribution in [1.29, 1.82) is 0 Å². The average Bonchev–Trinajstić information content (AvgIpc) is 2.84. The Balaban J connectivity index is 1.71. The molecular weight excluding hydrogens is 330 g/mol. The number of carbonyl (C=O) groups excluding carboxylic acids is 2. The van der Waals surface area contributed by atoms with Crippen molar-refractivity contribution < 1.29 is 14.5 Å². The summed E-state index contributed by atoms with van der Waals surface area (Å²) in [6.45, 7) is 0. The Bertz CT molecular complexity index is 842. The van der Waals surface area contributed by atoms with Crippen LogP contribution in [0.4, 0.5) is 17.1 Å². The van der Waals surface area contributed by atoms with Crippen molar-refractivity contribution in [3.05, 3.63) is 58.6 Å². The monoisotopic (exact) mass is 341 g/mol. The van der Waals surface area contributed by atoms with Crippen LogP contribution in [0.3, 0.4) is 0 Å². The Hall–Kier alpha value is -2.87. The van der Waals surface area contributed by atoms with Crippen molar-refractivity contribution in [3.63, 3.8) is 0 Å². The molecule has 2 atom stereocenters. The first-order valence-electron chi connectivity index (χ1n) is 7.21. The predicted octanol–water partition coefficient (Wildman–Crippen LogP) is 2.42. The van der Waals surface area contributed by atoms with Crippen LogP contribution < -0.4 is 10.2 Å². The minimum Gasteiger partial charge on any atom is -0.371 e. The lowest BCUT2D eigenvalue weighted by Gasteiger charge is -2.25. The first-order chi connectivity index (χ1) is 11.6. The van der Waals surface area contributed by atoms with Crippen LogP contribution in [0.25, 0.3) is 0 Å². The zero-order valence-corrected chi connectivity index (χ0v) is 13.0. The number of carbonyl (C=O) groups is 2. The molecule has 1 saturated heterocycles. The second-order valence-electron chi connectivity index (χ2n) is 5.45. The van der Waals surface area contributed by atoms with Gasteiger partial charge in [0.05, 0.1) is 10.6 Å². The van der Waals surface area contributed by atoms with Crippen LogP contribution in [0.2, 0.25) is 0 Å². The number of nitrogens with one attached hydrogen (secondary N) is 1. The molecule has 8 heteroatoms. The number of nitrogens with zero attached hydrogens (tertiary/aromatic N) is 2. The maximum Gasteiger partial charge on any atom is 0.271 e. The van der Waals surface area contributed by atoms with E-state index >= 15 is 0 Å². The fourth-order valence-electron chi connectivity index (χ4n) is 2.90. The summed E-state index contributed by atoms with van der Waals surface area (Å²) < 4.78 is 0. The highest BCUT2D eigenvalue weighted by Gasteiger charge is 2.51. The van der Waals surface area contributed by atoms with Crippen molar-refractivity contribution in [1.82, 2.24) is 0 Å². The third-order valence-electron chi connectivity index (χ3n) is 4.00. The normalized spacial score (nSPS) is 21.9. The number of hydrogen-bond donors (Lipinski definition) is 1. The molecule has 2 aromatic carbocycles. The molecule has 2 aromatic rings. The molecule has 0 unspecified atom stereocenters. The summed E-state index contributed by atoms with van der Waals surface area (Å²) >= 11 is 1.34. The number of nitro benzene ring substituents is 1. The van der Waals surface area contributed by atoms with E-state index in [1.165, 1.54) is 36.0 Å². The standard InChI is InChI=1S/C16H11N3O4S/c20-15-13-14(24-12-7-2-1-6-11(12)17-13)16(21)18(15)9-4-3-5-10(8-9)19(22)23/h1-8,13-14,17H/t13-,14+/m1/s1. The first kappa shape index (κ1) is 14.7. The number of non-ortho nitro benzene ring substituents is 1. The lowest BCUT2D eigenvalue weighted by Crippen LogP contribution is -2.37. The second kappa shape index (κ2) is 5.34. The molecule has 1 N–H and O–H groups in total. The van der Waals surface area contributed by atoms with Gasteiger partial charge in [-0.05, 0) is 18.2 Å². The highest BCUT2D eigenvalue weighted by Crippen LogP contribution is 2.42. The van der Waals surface area contributed by atoms with Crippen molar-refractivity contribution >= 4 is 40.6 Å². The quantitative estimate of drug-likeness (QED) is 0.512. The molecule has 2 amide bonds. The summed E-state index contributed by atoms with van der Waals surface area (Å²) in [7, 11) is 0. The number of fused-ring (bicyclic) bond motifs is 2. The van der Waals surface area contributed by atoms with Gasteiger partial charge in [-0.3, -0.25) is 19.7 Å². The summed E-state index contributed by atoms with van der Waals surface area (Å²) in [6, 6.07) is 12.3. The molecule has 2 aliphatic heterocycles. The minimum atomic E-state index is -0.670. The predicted molar refractivity (Wildman–Crippen MR) is 89.1 cm³/mol. The van der Waals surface area contributed by atoms with Gasteiger partial charge in [0, 0.05) is 22.7 Å². The van der Waals surface area contributed by atoms with E-state index in [-0.39, 0.29) is 17.3 Å². The van der Waals surface area contributed by atoms with E-state index in [0.29, 0.717) is 0 Å². The highest BCUT2D eigenvalue weighted by atomic mass is 32.2. The molecule has 0 aromatic heterocycles. The van der Waals surface area contributed by atoms with Gasteiger partial charge in [-0.1, -0.05) is 18.2 Å². The summed E-state index contributed by atoms with van der Waals surface area (Å²) in [5, 5.41) is 13.5. The second-order valence-corrected chi connectivity index (χ2v) is 6.63. The first-order valence-corrected chi connectivity index (χ1v) is 8.09. The zero-order valence-electron chi connectivity index (χ0n) is 12.2. The van der Waals surface area contributed by atoms with Crippen LogP contribution >= 0.6 is 11.8 Å². The van der Waals surface area contributed by atoms with Gasteiger partial charge in [0.2, 0.25) is 5.91 Å². The number of hydrogen-bond acceptors (Lipinski definition) is 6. The van der Waals surface area contributed by atoms with Crippen LogP contribution in [0, 0.1) is 10.1 Å². The molecule has 0 saturated carbocycles. The van der Waals surface area contributed by atoms with Crippen molar-refractivity contribution in [2.75, 3.05) is 10.2 Å². The van der Waals surface area contributed by atoms with Gasteiger partial charge in [-0.25, -0.2) is 4.90 Å². The van der Waals surface area contributed by atoms with Crippen LogP contribution in [0.1, 0.15) is 0 Å². The number of thioether (sulfide) groups is 1. The lowest BCUT2D eigenvalue weighted by atomic mass is 10.2. The Morgan fingerprint density at radius 3 is 2.67 bits per heavy atom. The lowest BCUT2D eigenvalue weighted by molar-refractivity contribution is -0.384. The van der Waals surface area contributed by atoms with Crippen LogP contribution in [0.5, 0.6) is 0 Å². The number of rotatable bonds is 2. The summed E-state index contributed by atoms with van der Waals surface area (Å²) in [4.78, 5) is 37.7. The third kappa shape index (κ3) is 2.15. The minimum absolute atomic E-state index is 0.160. The molecule has 1 fully saturated rings. The number of imide groups is 1. The van der Waals surface area contributed by atoms with E-state index in [4.69, 9.17) is 0 Å². The van der Waals surface area contributed by atoms with Gasteiger partial charge in [0.25, 0.3) is 11.6 Å². The molecule has 0 radical (unpaired) electrons. The van der Waals surface area contributed by atoms with E-state index in [2.05, 4.69) is 5.32 Å². The molecule has 2 aliphatic rings. The number of benzene rings is 2. The topological polar surface area (TPSA) is 92.6 Å². The Morgan fingerprint density at radius 1 is 1.08 bits per heavy atom. The summed E-state index contributed by atoms with van der Waals surface area (Å²) in [5.74, 6) is -0.759. The van der Waals surface area contributed by atoms with Crippen molar-refractivity contribution in [2.45, 2.75) is 16.2 Å². The average molecular weight is 341 g/mol. The van der Waals surface area contributed by atoms with Crippen LogP contribution in [-0.4, -0.2) is 28.0 Å². The van der Waals surface area contributed by atoms with E-state index < -0.39 is 22.1 Å². The van der Waals surface area contributed by atoms with Crippen LogP contribution in [0.15, 0.2) is 53.4 Å². The fraction of sp³-hybridized carbons (Fsp3) is 0.125. The summed E-state index contributed by atoms with van der Waals surface area (Å²) in [5.41, 5.74) is 0.873. The zero-order chi connectivity index (χ0) is 16.8. The van der Waals surface area contributed by atoms with Gasteiger partial charge in [-0.2, -0.15) is 0 Å². The van der Waals surface area contributed by atoms with E-state index in [0.717, 1.165) is 15.5 Å². The molecule has 120 valence electrons. The SMILES string of the molecule is O=C1[C@H]2Sc3ccccc3N[C@H]2C(=O)N1c1cccc([N+](=O)[O-])c1. The molecule has 0 bridgehead atoms. The number of nitro groups is 1. The molecule has 24 heavy (non-hydrogen) atoms. The van der Waals surface area contributed by atoms with Gasteiger partial charge in [0.15, 0.2) is 0 Å². The smallest absolute Gasteiger partial charge is 0.271 e. The van der Waals surface area contributed by atoms with Crippen molar-refractivity contribution in [2.24, 2.45) is 0 Å². The van der Waals surface area contributed by atoms with Gasteiger partial charge in [-0.15, -0.1) is 11.8 Å². The molecule has 4 rings (SSSR count). The molecule has 2 heterocycles. The largest absolute Gasteiger partial charge is 0.371 e. The number of para-hydroxylation sites is 1. The maximum absolute atomic E-state index is 12.7. The number of amides is 2. The Labute approximate surface area is 140 Å². The Kier molecular flexibility index (Phi) is 3.27. The highest BCUT2D eigenvalue weighted by molar-refractivity contribution is 8.01. The number of anilines is 2. The molecular formula is C16H11N3O4S. The molecule has 0 spiro atoms. The van der Waals surface area contributed by atoms with Crippen LogP contribution in [-0.2, 0) is 9.59 Å². The summed E-state index contributed by atoms with van der Waals surface area (Å²) in [6.07, 6.45) is 0.